The van der Waals surface area contributed by atoms with Gasteiger partial charge in [-0.2, -0.15) is 0 Å². The first-order valence-corrected chi connectivity index (χ1v) is 6.73. The zero-order valence-electron chi connectivity index (χ0n) is 10.6. The second kappa shape index (κ2) is 5.70. The van der Waals surface area contributed by atoms with Gasteiger partial charge in [0.15, 0.2) is 0 Å². The fraction of sp³-hybridized carbons (Fsp3) is 0.467. The van der Waals surface area contributed by atoms with Gasteiger partial charge in [-0.05, 0) is 56.8 Å². The number of nitrogens with one attached hydrogen (secondary N) is 1. The van der Waals surface area contributed by atoms with Crippen molar-refractivity contribution in [2.45, 2.75) is 38.6 Å². The van der Waals surface area contributed by atoms with E-state index < -0.39 is 0 Å². The number of rotatable bonds is 3. The van der Waals surface area contributed by atoms with Crippen molar-refractivity contribution in [2.75, 3.05) is 7.05 Å². The van der Waals surface area contributed by atoms with E-state index in [0.29, 0.717) is 6.04 Å². The third-order valence-corrected chi connectivity index (χ3v) is 4.02. The quantitative estimate of drug-likeness (QED) is 0.783. The highest BCUT2D eigenvalue weighted by Gasteiger charge is 2.18. The summed E-state index contributed by atoms with van der Waals surface area (Å²) in [5, 5.41) is 4.29. The summed E-state index contributed by atoms with van der Waals surface area (Å²) in [4.78, 5) is 0. The van der Waals surface area contributed by atoms with Crippen molar-refractivity contribution in [3.63, 3.8) is 0 Å². The van der Waals surface area contributed by atoms with Crippen LogP contribution in [0.15, 0.2) is 29.8 Å². The Labute approximate surface area is 109 Å². The Morgan fingerprint density at radius 3 is 2.76 bits per heavy atom. The predicted molar refractivity (Wildman–Crippen MR) is 74.5 cm³/mol. The summed E-state index contributed by atoms with van der Waals surface area (Å²) in [5.74, 6) is 0. The van der Waals surface area contributed by atoms with E-state index in [1.54, 1.807) is 0 Å². The van der Waals surface area contributed by atoms with Gasteiger partial charge in [0, 0.05) is 5.02 Å². The maximum atomic E-state index is 6.21. The molecule has 1 atom stereocenters. The van der Waals surface area contributed by atoms with E-state index in [2.05, 4.69) is 24.4 Å². The maximum Gasteiger partial charge on any atom is 0.0536 e. The summed E-state index contributed by atoms with van der Waals surface area (Å²) in [6.07, 6.45) is 7.45. The second-order valence-corrected chi connectivity index (χ2v) is 5.11. The molecule has 1 unspecified atom stereocenters. The lowest BCUT2D eigenvalue weighted by atomic mass is 9.88. The molecule has 0 aromatic heterocycles. The molecule has 1 aliphatic carbocycles. The van der Waals surface area contributed by atoms with Crippen LogP contribution in [0.3, 0.4) is 0 Å². The maximum absolute atomic E-state index is 6.21. The van der Waals surface area contributed by atoms with Gasteiger partial charge in [-0.15, -0.1) is 0 Å². The average Bonchev–Trinajstić information content (AvgIpc) is 2.37. The number of likely N-dealkylation sites (N-methyl/N-ethyl adjacent to an activating group) is 1. The van der Waals surface area contributed by atoms with Crippen LogP contribution in [-0.2, 0) is 0 Å². The molecule has 2 rings (SSSR count). The molecular weight excluding hydrogens is 230 g/mol. The number of hydrogen-bond donors (Lipinski definition) is 1. The largest absolute Gasteiger partial charge is 0.310 e. The molecule has 0 fully saturated rings. The summed E-state index contributed by atoms with van der Waals surface area (Å²) >= 11 is 6.21. The zero-order chi connectivity index (χ0) is 12.3. The van der Waals surface area contributed by atoms with E-state index in [1.165, 1.54) is 42.4 Å². The summed E-state index contributed by atoms with van der Waals surface area (Å²) in [6.45, 7) is 2.10. The van der Waals surface area contributed by atoms with Gasteiger partial charge >= 0.3 is 0 Å². The highest BCUT2D eigenvalue weighted by atomic mass is 35.5. The lowest BCUT2D eigenvalue weighted by Crippen LogP contribution is -2.20. The van der Waals surface area contributed by atoms with Gasteiger partial charge in [-0.1, -0.05) is 35.4 Å². The van der Waals surface area contributed by atoms with Crippen LogP contribution >= 0.6 is 11.6 Å². The Morgan fingerprint density at radius 2 is 2.12 bits per heavy atom. The smallest absolute Gasteiger partial charge is 0.0536 e. The van der Waals surface area contributed by atoms with Gasteiger partial charge in [0.1, 0.15) is 0 Å². The monoisotopic (exact) mass is 249 g/mol. The van der Waals surface area contributed by atoms with E-state index in [9.17, 15) is 0 Å². The van der Waals surface area contributed by atoms with Crippen molar-refractivity contribution >= 4 is 11.6 Å². The molecule has 92 valence electrons. The van der Waals surface area contributed by atoms with Crippen molar-refractivity contribution in [3.05, 3.63) is 46.0 Å². The number of hydrogen-bond acceptors (Lipinski definition) is 1. The Bertz CT molecular complexity index is 423. The van der Waals surface area contributed by atoms with Crippen LogP contribution in [0.25, 0.3) is 0 Å². The van der Waals surface area contributed by atoms with Crippen LogP contribution in [0.5, 0.6) is 0 Å². The first kappa shape index (κ1) is 12.7. The predicted octanol–water partition coefficient (Wildman–Crippen LogP) is 4.41. The van der Waals surface area contributed by atoms with Gasteiger partial charge in [-0.25, -0.2) is 0 Å². The first-order valence-electron chi connectivity index (χ1n) is 6.35. The molecular formula is C15H20ClN. The normalized spacial score (nSPS) is 17.7. The molecule has 1 aromatic carbocycles. The van der Waals surface area contributed by atoms with Gasteiger partial charge in [0.2, 0.25) is 0 Å². The Morgan fingerprint density at radius 1 is 1.29 bits per heavy atom. The minimum atomic E-state index is 0.328. The van der Waals surface area contributed by atoms with Gasteiger partial charge in [-0.3, -0.25) is 0 Å². The topological polar surface area (TPSA) is 12.0 Å². The van der Waals surface area contributed by atoms with Crippen LogP contribution in [-0.4, -0.2) is 7.05 Å². The first-order chi connectivity index (χ1) is 8.24. The Hall–Kier alpha value is -0.790. The molecule has 1 nitrogen and oxygen atoms in total. The van der Waals surface area contributed by atoms with Crippen molar-refractivity contribution in [1.82, 2.24) is 5.32 Å². The molecule has 1 N–H and O–H groups in total. The Balaban J connectivity index is 2.34. The molecule has 1 aromatic rings. The van der Waals surface area contributed by atoms with E-state index in [4.69, 9.17) is 11.6 Å². The van der Waals surface area contributed by atoms with Crippen LogP contribution < -0.4 is 5.32 Å². The summed E-state index contributed by atoms with van der Waals surface area (Å²) in [5.41, 5.74) is 4.03. The molecule has 2 heteroatoms. The van der Waals surface area contributed by atoms with Crippen LogP contribution in [0.4, 0.5) is 0 Å². The molecule has 0 amide bonds. The van der Waals surface area contributed by atoms with Gasteiger partial charge in [0.25, 0.3) is 0 Å². The molecule has 0 heterocycles. The van der Waals surface area contributed by atoms with Gasteiger partial charge < -0.3 is 5.32 Å². The van der Waals surface area contributed by atoms with Crippen molar-refractivity contribution < 1.29 is 0 Å². The van der Waals surface area contributed by atoms with E-state index in [-0.39, 0.29) is 0 Å². The molecule has 1 aliphatic rings. The second-order valence-electron chi connectivity index (χ2n) is 4.70. The van der Waals surface area contributed by atoms with E-state index >= 15 is 0 Å². The molecule has 0 radical (unpaired) electrons. The van der Waals surface area contributed by atoms with Crippen LogP contribution in [0.1, 0.15) is 42.9 Å². The average molecular weight is 250 g/mol. The molecule has 0 bridgehead atoms. The zero-order valence-corrected chi connectivity index (χ0v) is 11.3. The fourth-order valence-corrected chi connectivity index (χ4v) is 2.78. The summed E-state index contributed by atoms with van der Waals surface area (Å²) < 4.78 is 0. The summed E-state index contributed by atoms with van der Waals surface area (Å²) in [6, 6.07) is 6.51. The van der Waals surface area contributed by atoms with E-state index in [1.807, 2.05) is 19.2 Å². The molecule has 0 aliphatic heterocycles. The molecule has 0 saturated carbocycles. The molecule has 0 saturated heterocycles. The lowest BCUT2D eigenvalue weighted by molar-refractivity contribution is 0.591. The highest BCUT2D eigenvalue weighted by molar-refractivity contribution is 6.31. The van der Waals surface area contributed by atoms with Crippen molar-refractivity contribution in [2.24, 2.45) is 0 Å². The van der Waals surface area contributed by atoms with Crippen molar-refractivity contribution in [3.8, 4) is 0 Å². The number of allylic oxidation sites excluding steroid dienone is 1. The Kier molecular flexibility index (Phi) is 4.25. The summed E-state index contributed by atoms with van der Waals surface area (Å²) in [7, 11) is 2.03. The lowest BCUT2D eigenvalue weighted by Gasteiger charge is -2.25. The van der Waals surface area contributed by atoms with Gasteiger partial charge in [0.05, 0.1) is 6.04 Å². The van der Waals surface area contributed by atoms with E-state index in [0.717, 1.165) is 5.02 Å². The minimum Gasteiger partial charge on any atom is -0.310 e. The molecule has 0 spiro atoms. The third kappa shape index (κ3) is 2.72. The minimum absolute atomic E-state index is 0.328. The highest BCUT2D eigenvalue weighted by Crippen LogP contribution is 2.33. The van der Waals surface area contributed by atoms with Crippen LogP contribution in [0, 0.1) is 6.92 Å². The van der Waals surface area contributed by atoms with Crippen LogP contribution in [0.2, 0.25) is 5.02 Å². The fourth-order valence-electron chi connectivity index (χ4n) is 2.60. The standard InChI is InChI=1S/C15H20ClN/c1-11-13(9-6-10-14(11)16)15(17-2)12-7-4-3-5-8-12/h6-7,9-10,15,17H,3-5,8H2,1-2H3. The van der Waals surface area contributed by atoms with Crippen molar-refractivity contribution in [1.29, 1.82) is 0 Å². The number of benzene rings is 1. The molecule has 17 heavy (non-hydrogen) atoms. The number of halogens is 1. The SMILES string of the molecule is CNC(C1=CCCCC1)c1cccc(Cl)c1C. The third-order valence-electron chi connectivity index (χ3n) is 3.61.